The third-order valence-electron chi connectivity index (χ3n) is 7.75. The lowest BCUT2D eigenvalue weighted by atomic mass is 9.84. The first-order valence-electron chi connectivity index (χ1n) is 26.4. The Labute approximate surface area is 300 Å². The average molecular weight is 613 g/mol. The number of rotatable bonds is 2. The van der Waals surface area contributed by atoms with Crippen molar-refractivity contribution < 1.29 is 35.6 Å². The Bertz CT molecular complexity index is 4200. The molecular formula is C44H26S. The number of thiophene rings is 1. The summed E-state index contributed by atoms with van der Waals surface area (Å²) in [5, 5.41) is -6.10. The molecule has 0 nitrogen and oxygen atoms in total. The van der Waals surface area contributed by atoms with E-state index in [4.69, 9.17) is 23.3 Å². The Hall–Kier alpha value is -5.50. The summed E-state index contributed by atoms with van der Waals surface area (Å²) in [5.41, 5.74) is -2.44. The predicted molar refractivity (Wildman–Crippen MR) is 198 cm³/mol. The zero-order valence-electron chi connectivity index (χ0n) is 48.4. The summed E-state index contributed by atoms with van der Waals surface area (Å²) in [7, 11) is 0. The van der Waals surface area contributed by atoms with E-state index in [1.807, 2.05) is 0 Å². The van der Waals surface area contributed by atoms with Gasteiger partial charge in [-0.25, -0.2) is 0 Å². The molecule has 0 saturated heterocycles. The summed E-state index contributed by atoms with van der Waals surface area (Å²) < 4.78 is 235. The quantitative estimate of drug-likeness (QED) is 0.170. The molecule has 10 rings (SSSR count). The molecule has 0 saturated carbocycles. The number of benzene rings is 9. The van der Waals surface area contributed by atoms with Crippen molar-refractivity contribution in [2.24, 2.45) is 0 Å². The van der Waals surface area contributed by atoms with Gasteiger partial charge in [0.15, 0.2) is 0 Å². The first-order valence-corrected chi connectivity index (χ1v) is 14.2. The lowest BCUT2D eigenvalue weighted by Gasteiger charge is -2.19. The maximum Gasteiger partial charge on any atom is 0.0638 e. The summed E-state index contributed by atoms with van der Waals surface area (Å²) in [6.45, 7) is 0. The van der Waals surface area contributed by atoms with Gasteiger partial charge < -0.3 is 0 Å². The summed E-state index contributed by atoms with van der Waals surface area (Å²) >= 11 is 0.607. The fourth-order valence-corrected chi connectivity index (χ4v) is 7.14. The van der Waals surface area contributed by atoms with Crippen LogP contribution in [0.5, 0.6) is 0 Å². The van der Waals surface area contributed by atoms with Crippen molar-refractivity contribution in [1.82, 2.24) is 0 Å². The summed E-state index contributed by atoms with van der Waals surface area (Å²) in [6.07, 6.45) is 0. The van der Waals surface area contributed by atoms with Crippen molar-refractivity contribution >= 4 is 85.4 Å². The molecule has 0 unspecified atom stereocenters. The van der Waals surface area contributed by atoms with Crippen molar-refractivity contribution in [3.63, 3.8) is 0 Å². The molecule has 0 aliphatic heterocycles. The minimum Gasteiger partial charge on any atom is -0.134 e. The Balaban J connectivity index is 1.65. The van der Waals surface area contributed by atoms with Gasteiger partial charge in [-0.05, 0) is 82.6 Å². The number of fused-ring (bicyclic) bond motifs is 10. The van der Waals surface area contributed by atoms with Gasteiger partial charge in [-0.2, -0.15) is 0 Å². The van der Waals surface area contributed by atoms with E-state index >= 15 is 0 Å². The Kier molecular flexibility index (Phi) is 2.23. The highest BCUT2D eigenvalue weighted by atomic mass is 32.1. The summed E-state index contributed by atoms with van der Waals surface area (Å²) in [4.78, 5) is 0. The standard InChI is InChI=1S/C44H26S/c1-4-16-30-27(12-1)15-11-23-33(30)40-34-19-7-9-21-36(34)41(37-22-10-8-20-35(37)40)38-26-29-14-3-6-18-32(29)43-42-31-17-5-2-13-28(31)24-25-39(42)45-44(38)43/h1-26H/i1D,2D,3D,4D,5D,6D,7D,8D,9D,10D,11D,12D,13D,14D,15D,16D,17D,18D,19D,20D,21D,22D,23D,24D,25D,26D. The van der Waals surface area contributed by atoms with Crippen LogP contribution < -0.4 is 0 Å². The van der Waals surface area contributed by atoms with E-state index in [1.54, 1.807) is 0 Å². The topological polar surface area (TPSA) is 0 Å². The smallest absolute Gasteiger partial charge is 0.0638 e. The van der Waals surface area contributed by atoms with Crippen LogP contribution in [0.1, 0.15) is 35.6 Å². The summed E-state index contributed by atoms with van der Waals surface area (Å²) in [6, 6.07) is -22.0. The van der Waals surface area contributed by atoms with Crippen molar-refractivity contribution in [2.45, 2.75) is 0 Å². The van der Waals surface area contributed by atoms with E-state index in [9.17, 15) is 12.3 Å². The van der Waals surface area contributed by atoms with Crippen molar-refractivity contribution in [3.8, 4) is 22.3 Å². The minimum atomic E-state index is -0.955. The van der Waals surface area contributed by atoms with Gasteiger partial charge in [-0.15, -0.1) is 11.3 Å². The molecule has 208 valence electrons. The van der Waals surface area contributed by atoms with E-state index in [0.29, 0.717) is 11.3 Å². The van der Waals surface area contributed by atoms with Crippen molar-refractivity contribution in [1.29, 1.82) is 0 Å². The molecule has 0 spiro atoms. The molecule has 0 fully saturated rings. The van der Waals surface area contributed by atoms with Crippen molar-refractivity contribution in [3.05, 3.63) is 157 Å². The van der Waals surface area contributed by atoms with Gasteiger partial charge in [0.1, 0.15) is 0 Å². The van der Waals surface area contributed by atoms with Crippen molar-refractivity contribution in [2.75, 3.05) is 0 Å². The Morgan fingerprint density at radius 3 is 1.47 bits per heavy atom. The highest BCUT2D eigenvalue weighted by Crippen LogP contribution is 2.51. The molecule has 0 amide bonds. The third-order valence-corrected chi connectivity index (χ3v) is 8.87. The largest absolute Gasteiger partial charge is 0.134 e. The van der Waals surface area contributed by atoms with Gasteiger partial charge in [-0.3, -0.25) is 0 Å². The van der Waals surface area contributed by atoms with E-state index in [-0.39, 0.29) is 25.6 Å². The second-order valence-corrected chi connectivity index (χ2v) is 11.0. The third kappa shape index (κ3) is 3.53. The predicted octanol–water partition coefficient (Wildman–Crippen LogP) is 13.2. The SMILES string of the molecule is [2H]c1c([2H])c([2H])c2c(-c3c4c([2H])c([2H])c([2H])c([2H])c4c(-c4c([2H])c5c([2H])c([2H])c([2H])c([2H])c5c5c4sc4c([2H])c([2H])c6c([2H])c([2H])c([2H])c([2H])c6c45)c4c([2H])c([2H])c([2H])c([2H])c34)c([2H])c([2H])c([2H])c2c1[2H]. The second kappa shape index (κ2) is 9.50. The van der Waals surface area contributed by atoms with Crippen LogP contribution in [-0.4, -0.2) is 0 Å². The van der Waals surface area contributed by atoms with E-state index < -0.39 is 228 Å². The van der Waals surface area contributed by atoms with E-state index in [1.165, 1.54) is 0 Å². The molecule has 10 aromatic rings. The molecule has 0 aliphatic carbocycles. The van der Waals surface area contributed by atoms with Gasteiger partial charge in [0, 0.05) is 25.7 Å². The molecule has 0 radical (unpaired) electrons. The maximum absolute atomic E-state index is 10.0. The molecule has 1 aromatic heterocycles. The van der Waals surface area contributed by atoms with Crippen LogP contribution in [0.25, 0.3) is 96.3 Å². The fourth-order valence-electron chi connectivity index (χ4n) is 5.96. The Morgan fingerprint density at radius 2 is 0.822 bits per heavy atom. The molecule has 0 bridgehead atoms. The van der Waals surface area contributed by atoms with Crippen LogP contribution in [0.3, 0.4) is 0 Å². The van der Waals surface area contributed by atoms with Crippen LogP contribution in [0.4, 0.5) is 0 Å². The van der Waals surface area contributed by atoms with Gasteiger partial charge in [0.05, 0.1) is 35.6 Å². The molecule has 0 atom stereocenters. The molecular weight excluding hydrogens is 561 g/mol. The normalized spacial score (nSPS) is 20.1. The maximum atomic E-state index is 10.0. The van der Waals surface area contributed by atoms with Gasteiger partial charge >= 0.3 is 0 Å². The zero-order valence-corrected chi connectivity index (χ0v) is 23.2. The van der Waals surface area contributed by atoms with Gasteiger partial charge in [-0.1, -0.05) is 145 Å². The van der Waals surface area contributed by atoms with Crippen LogP contribution in [-0.2, 0) is 0 Å². The lowest BCUT2D eigenvalue weighted by Crippen LogP contribution is -1.92. The van der Waals surface area contributed by atoms with Crippen LogP contribution in [0, 0.1) is 0 Å². The molecule has 0 N–H and O–H groups in total. The van der Waals surface area contributed by atoms with Crippen LogP contribution >= 0.6 is 11.3 Å². The molecule has 0 aliphatic rings. The van der Waals surface area contributed by atoms with Gasteiger partial charge in [0.2, 0.25) is 0 Å². The summed E-state index contributed by atoms with van der Waals surface area (Å²) in [5.74, 6) is 0. The van der Waals surface area contributed by atoms with Crippen LogP contribution in [0.15, 0.2) is 157 Å². The fraction of sp³-hybridized carbons (Fsp3) is 0. The Morgan fingerprint density at radius 1 is 0.356 bits per heavy atom. The van der Waals surface area contributed by atoms with Gasteiger partial charge in [0.25, 0.3) is 0 Å². The average Bonchev–Trinajstić information content (AvgIpc) is 3.73. The monoisotopic (exact) mass is 612 g/mol. The lowest BCUT2D eigenvalue weighted by molar-refractivity contribution is 1.70. The zero-order chi connectivity index (χ0) is 52.1. The molecule has 45 heavy (non-hydrogen) atoms. The number of hydrogen-bond acceptors (Lipinski definition) is 1. The highest BCUT2D eigenvalue weighted by molar-refractivity contribution is 7.26. The first kappa shape index (κ1) is 10.5. The highest BCUT2D eigenvalue weighted by Gasteiger charge is 2.22. The van der Waals surface area contributed by atoms with E-state index in [2.05, 4.69) is 0 Å². The molecule has 9 aromatic carbocycles. The second-order valence-electron chi connectivity index (χ2n) is 10.0. The molecule has 1 heteroatoms. The first-order chi connectivity index (χ1) is 33.2. The minimum absolute atomic E-state index is 0.199. The van der Waals surface area contributed by atoms with Crippen LogP contribution in [0.2, 0.25) is 0 Å². The number of hydrogen-bond donors (Lipinski definition) is 0. The van der Waals surface area contributed by atoms with E-state index in [0.717, 1.165) is 0 Å². The molecule has 1 heterocycles.